The lowest BCUT2D eigenvalue weighted by molar-refractivity contribution is -0.317. The Morgan fingerprint density at radius 1 is 1.00 bits per heavy atom. The fourth-order valence-electron chi connectivity index (χ4n) is 5.27. The molecule has 1 aliphatic carbocycles. The second-order valence-corrected chi connectivity index (χ2v) is 10.9. The number of likely N-dealkylation sites (N-methyl/N-ethyl adjacent to an activating group) is 1. The van der Waals surface area contributed by atoms with Gasteiger partial charge in [0.1, 0.15) is 54.6 Å². The van der Waals surface area contributed by atoms with E-state index in [2.05, 4.69) is 0 Å². The molecule has 14 atom stereocenters. The second kappa shape index (κ2) is 13.3. The third-order valence-corrected chi connectivity index (χ3v) is 7.67. The van der Waals surface area contributed by atoms with Gasteiger partial charge in [-0.15, -0.1) is 0 Å². The van der Waals surface area contributed by atoms with Gasteiger partial charge >= 0.3 is 0 Å². The summed E-state index contributed by atoms with van der Waals surface area (Å²) in [5.41, 5.74) is 27.9. The van der Waals surface area contributed by atoms with Crippen molar-refractivity contribution < 1.29 is 49.3 Å². The first-order valence-electron chi connectivity index (χ1n) is 13.3. The molecule has 3 rings (SSSR count). The van der Waals surface area contributed by atoms with Crippen LogP contribution in [0.25, 0.3) is 0 Å². The van der Waals surface area contributed by atoms with Crippen LogP contribution >= 0.6 is 0 Å². The van der Waals surface area contributed by atoms with Crippen LogP contribution in [0.2, 0.25) is 0 Å². The lowest BCUT2D eigenvalue weighted by atomic mass is 9.84. The summed E-state index contributed by atoms with van der Waals surface area (Å²) >= 11 is 0. The maximum absolute atomic E-state index is 12.2. The van der Waals surface area contributed by atoms with Gasteiger partial charge in [0.15, 0.2) is 12.6 Å². The molecular weight excluding hydrogens is 520 g/mol. The summed E-state index contributed by atoms with van der Waals surface area (Å²) in [5, 5.41) is 52.8. The fraction of sp³-hybridized carbons (Fsp3) is 0.957. The molecule has 1 amide bonds. The average molecular weight is 567 g/mol. The molecule has 15 N–H and O–H groups in total. The molecule has 0 aromatic carbocycles. The van der Waals surface area contributed by atoms with Crippen molar-refractivity contribution in [3.05, 3.63) is 0 Å². The molecule has 228 valence electrons. The van der Waals surface area contributed by atoms with E-state index in [1.54, 1.807) is 7.05 Å². The summed E-state index contributed by atoms with van der Waals surface area (Å²) in [5.74, 6) is -0.173. The maximum Gasteiger partial charge on any atom is 0.222 e. The van der Waals surface area contributed by atoms with Crippen molar-refractivity contribution in [3.63, 3.8) is 0 Å². The molecule has 3 fully saturated rings. The van der Waals surface area contributed by atoms with Crippen molar-refractivity contribution in [2.75, 3.05) is 20.1 Å². The molecule has 0 spiro atoms. The number of hydrogen-bond acceptors (Lipinski definition) is 15. The SMILES string of the molecule is CCCC(=O)N(C)C[C@H]1O[C@H](O[C@@H]2[C@@H](O)[C@H](O[C@H]3O[C@H](CN)[C@@H](O)[C@H](O)[C@H]3N)[C@@H](N)C[C@H]2N)C[C@@](N)(O)[C@@H]1O. The molecule has 0 radical (unpaired) electrons. The van der Waals surface area contributed by atoms with Gasteiger partial charge in [-0.05, 0) is 12.8 Å². The van der Waals surface area contributed by atoms with Gasteiger partial charge in [-0.3, -0.25) is 4.79 Å². The highest BCUT2D eigenvalue weighted by Gasteiger charge is 2.52. The minimum Gasteiger partial charge on any atom is -0.388 e. The lowest BCUT2D eigenvalue weighted by Gasteiger charge is -2.48. The van der Waals surface area contributed by atoms with Crippen LogP contribution in [-0.2, 0) is 23.7 Å². The predicted octanol–water partition coefficient (Wildman–Crippen LogP) is -5.71. The normalized spacial score (nSPS) is 47.1. The minimum absolute atomic E-state index is 0.0668. The van der Waals surface area contributed by atoms with Crippen LogP contribution < -0.4 is 28.7 Å². The van der Waals surface area contributed by atoms with Crippen LogP contribution in [0, 0.1) is 0 Å². The fourth-order valence-corrected chi connectivity index (χ4v) is 5.27. The summed E-state index contributed by atoms with van der Waals surface area (Å²) in [6.07, 6.45) is -11.7. The number of nitrogens with zero attached hydrogens (tertiary/aromatic N) is 1. The summed E-state index contributed by atoms with van der Waals surface area (Å²) in [7, 11) is 1.54. The summed E-state index contributed by atoms with van der Waals surface area (Å²) in [6, 6.07) is -2.73. The number of aliphatic hydroxyl groups excluding tert-OH is 4. The second-order valence-electron chi connectivity index (χ2n) is 10.9. The Balaban J connectivity index is 1.71. The Hall–Kier alpha value is -1.09. The summed E-state index contributed by atoms with van der Waals surface area (Å²) in [4.78, 5) is 13.6. The van der Waals surface area contributed by atoms with Gasteiger partial charge in [0.25, 0.3) is 0 Å². The first-order valence-corrected chi connectivity index (χ1v) is 13.3. The molecule has 2 aliphatic heterocycles. The van der Waals surface area contributed by atoms with Crippen molar-refractivity contribution in [1.82, 2.24) is 4.90 Å². The Labute approximate surface area is 227 Å². The topological polar surface area (TPSA) is 288 Å². The van der Waals surface area contributed by atoms with Crippen molar-refractivity contribution in [2.45, 2.75) is 118 Å². The maximum atomic E-state index is 12.2. The standard InChI is InChI=1S/C23H46N6O10/c1-3-4-13(30)29(2)8-12-21(34)23(28,35)6-14(36-12)38-19-9(25)5-10(26)20(18(19)33)39-22-15(27)17(32)16(31)11(7-24)37-22/h9-12,14-22,31-35H,3-8,24-28H2,1-2H3/t9-,10+,11-,12-,14-,15-,16-,17-,18-,19+,20-,21-,22-,23-/m1/s1. The highest BCUT2D eigenvalue weighted by molar-refractivity contribution is 5.75. The highest BCUT2D eigenvalue weighted by atomic mass is 16.7. The van der Waals surface area contributed by atoms with Gasteiger partial charge in [-0.1, -0.05) is 6.92 Å². The molecule has 39 heavy (non-hydrogen) atoms. The summed E-state index contributed by atoms with van der Waals surface area (Å²) in [6.45, 7) is 1.68. The van der Waals surface area contributed by atoms with Gasteiger partial charge in [-0.25, -0.2) is 0 Å². The summed E-state index contributed by atoms with van der Waals surface area (Å²) < 4.78 is 23.3. The third-order valence-electron chi connectivity index (χ3n) is 7.67. The Bertz CT molecular complexity index is 811. The van der Waals surface area contributed by atoms with E-state index in [-0.39, 0.29) is 31.8 Å². The monoisotopic (exact) mass is 566 g/mol. The molecule has 0 aromatic rings. The Morgan fingerprint density at radius 3 is 2.21 bits per heavy atom. The lowest BCUT2D eigenvalue weighted by Crippen LogP contribution is -2.69. The molecule has 3 aliphatic rings. The number of carbonyl (C=O) groups is 1. The number of amides is 1. The van der Waals surface area contributed by atoms with Gasteiger partial charge in [0.05, 0.1) is 6.04 Å². The van der Waals surface area contributed by atoms with Crippen LogP contribution in [0.3, 0.4) is 0 Å². The predicted molar refractivity (Wildman–Crippen MR) is 135 cm³/mol. The zero-order valence-electron chi connectivity index (χ0n) is 22.4. The van der Waals surface area contributed by atoms with E-state index in [0.29, 0.717) is 12.8 Å². The van der Waals surface area contributed by atoms with Crippen LogP contribution in [0.15, 0.2) is 0 Å². The molecule has 16 nitrogen and oxygen atoms in total. The van der Waals surface area contributed by atoms with Crippen molar-refractivity contribution in [3.8, 4) is 0 Å². The molecule has 1 saturated carbocycles. The third kappa shape index (κ3) is 7.22. The minimum atomic E-state index is -2.12. The number of ether oxygens (including phenoxy) is 4. The van der Waals surface area contributed by atoms with Gasteiger partial charge in [0.2, 0.25) is 5.91 Å². The van der Waals surface area contributed by atoms with Crippen LogP contribution in [0.5, 0.6) is 0 Å². The van der Waals surface area contributed by atoms with Crippen LogP contribution in [-0.4, -0.2) is 142 Å². The Kier molecular flexibility index (Phi) is 11.0. The molecule has 0 aromatic heterocycles. The van der Waals surface area contributed by atoms with Crippen molar-refractivity contribution in [2.24, 2.45) is 28.7 Å². The smallest absolute Gasteiger partial charge is 0.222 e. The molecule has 2 heterocycles. The average Bonchev–Trinajstić information content (AvgIpc) is 2.87. The van der Waals surface area contributed by atoms with Crippen LogP contribution in [0.1, 0.15) is 32.6 Å². The zero-order chi connectivity index (χ0) is 29.2. The van der Waals surface area contributed by atoms with Crippen molar-refractivity contribution in [1.29, 1.82) is 0 Å². The molecule has 16 heteroatoms. The van der Waals surface area contributed by atoms with E-state index in [0.717, 1.165) is 0 Å². The van der Waals surface area contributed by atoms with Gasteiger partial charge in [0, 0.05) is 45.1 Å². The molecule has 2 saturated heterocycles. The number of aliphatic hydroxyl groups is 5. The largest absolute Gasteiger partial charge is 0.388 e. The van der Waals surface area contributed by atoms with E-state index in [4.69, 9.17) is 47.6 Å². The van der Waals surface area contributed by atoms with E-state index >= 15 is 0 Å². The van der Waals surface area contributed by atoms with Gasteiger partial charge < -0.3 is 78.0 Å². The van der Waals surface area contributed by atoms with Gasteiger partial charge in [-0.2, -0.15) is 0 Å². The van der Waals surface area contributed by atoms with Crippen molar-refractivity contribution >= 4 is 5.91 Å². The highest BCUT2D eigenvalue weighted by Crippen LogP contribution is 2.32. The van der Waals surface area contributed by atoms with Crippen LogP contribution in [0.4, 0.5) is 0 Å². The zero-order valence-corrected chi connectivity index (χ0v) is 22.4. The number of nitrogens with two attached hydrogens (primary N) is 5. The Morgan fingerprint density at radius 2 is 1.62 bits per heavy atom. The number of hydrogen-bond donors (Lipinski definition) is 10. The van der Waals surface area contributed by atoms with E-state index in [1.165, 1.54) is 4.90 Å². The number of carbonyl (C=O) groups excluding carboxylic acids is 1. The molecule has 0 unspecified atom stereocenters. The first-order chi connectivity index (χ1) is 18.2. The molecular formula is C23H46N6O10. The van der Waals surface area contributed by atoms with E-state index < -0.39 is 85.3 Å². The van der Waals surface area contributed by atoms with E-state index in [1.807, 2.05) is 6.92 Å². The quantitative estimate of drug-likeness (QED) is 0.116. The van der Waals surface area contributed by atoms with E-state index in [9.17, 15) is 30.3 Å². The number of rotatable bonds is 9. The first kappa shape index (κ1) is 32.4. The molecule has 0 bridgehead atoms.